The molecule has 0 atom stereocenters. The normalized spacial score (nSPS) is 9.14. The van der Waals surface area contributed by atoms with E-state index in [4.69, 9.17) is 6.42 Å². The van der Waals surface area contributed by atoms with E-state index in [1.807, 2.05) is 12.1 Å². The van der Waals surface area contributed by atoms with Crippen molar-refractivity contribution >= 4 is 11.6 Å². The summed E-state index contributed by atoms with van der Waals surface area (Å²) in [5, 5.41) is 5.48. The van der Waals surface area contributed by atoms with Gasteiger partial charge in [-0.3, -0.25) is 4.79 Å². The van der Waals surface area contributed by atoms with Crippen LogP contribution in [0.5, 0.6) is 0 Å². The second-order valence-corrected chi connectivity index (χ2v) is 2.80. The number of nitrogens with one attached hydrogen (secondary N) is 2. The van der Waals surface area contributed by atoms with Gasteiger partial charge in [-0.15, -0.1) is 6.42 Å². The summed E-state index contributed by atoms with van der Waals surface area (Å²) in [4.78, 5) is 11.2. The highest BCUT2D eigenvalue weighted by Gasteiger charge is 1.99. The Morgan fingerprint density at radius 2 is 2.36 bits per heavy atom. The Labute approximate surface area is 83.5 Å². The second kappa shape index (κ2) is 5.05. The molecule has 0 heterocycles. The molecule has 1 amide bonds. The van der Waals surface area contributed by atoms with Gasteiger partial charge in [0, 0.05) is 11.3 Å². The van der Waals surface area contributed by atoms with Crippen LogP contribution in [0, 0.1) is 12.3 Å². The van der Waals surface area contributed by atoms with Gasteiger partial charge in [0.2, 0.25) is 5.91 Å². The first kappa shape index (κ1) is 10.3. The van der Waals surface area contributed by atoms with E-state index in [2.05, 4.69) is 16.6 Å². The lowest BCUT2D eigenvalue weighted by atomic mass is 10.2. The van der Waals surface area contributed by atoms with E-state index in [9.17, 15) is 4.79 Å². The molecule has 0 radical (unpaired) electrons. The summed E-state index contributed by atoms with van der Waals surface area (Å²) in [5.74, 6) is 2.42. The van der Waals surface area contributed by atoms with E-state index >= 15 is 0 Å². The van der Waals surface area contributed by atoms with Gasteiger partial charge >= 0.3 is 0 Å². The number of anilines is 1. The number of hydrogen-bond donors (Lipinski definition) is 2. The third kappa shape index (κ3) is 2.92. The minimum absolute atomic E-state index is 0.0818. The fourth-order valence-electron chi connectivity index (χ4n) is 1.05. The number of amides is 1. The standard InChI is InChI=1S/C11H12N2O/c1-3-9-5-4-6-10(7-9)13-11(14)8-12-2/h1,4-7,12H,8H2,2H3,(H,13,14). The zero-order valence-corrected chi connectivity index (χ0v) is 8.00. The highest BCUT2D eigenvalue weighted by atomic mass is 16.1. The molecule has 0 saturated carbocycles. The molecule has 14 heavy (non-hydrogen) atoms. The van der Waals surface area contributed by atoms with Crippen LogP contribution in [0.1, 0.15) is 5.56 Å². The van der Waals surface area contributed by atoms with Crippen LogP contribution in [0.3, 0.4) is 0 Å². The Balaban J connectivity index is 2.68. The number of likely N-dealkylation sites (N-methyl/N-ethyl adjacent to an activating group) is 1. The van der Waals surface area contributed by atoms with Gasteiger partial charge in [-0.2, -0.15) is 0 Å². The van der Waals surface area contributed by atoms with Crippen molar-refractivity contribution in [1.29, 1.82) is 0 Å². The Kier molecular flexibility index (Phi) is 3.71. The van der Waals surface area contributed by atoms with E-state index in [0.29, 0.717) is 6.54 Å². The third-order valence-electron chi connectivity index (χ3n) is 1.65. The molecule has 0 fully saturated rings. The van der Waals surface area contributed by atoms with E-state index < -0.39 is 0 Å². The van der Waals surface area contributed by atoms with Crippen molar-refractivity contribution in [3.8, 4) is 12.3 Å². The summed E-state index contributed by atoms with van der Waals surface area (Å²) in [7, 11) is 1.72. The molecule has 72 valence electrons. The van der Waals surface area contributed by atoms with Crippen molar-refractivity contribution in [2.45, 2.75) is 0 Å². The molecule has 1 rings (SSSR count). The zero-order chi connectivity index (χ0) is 10.4. The molecule has 0 aromatic heterocycles. The molecule has 1 aromatic rings. The highest BCUT2D eigenvalue weighted by molar-refractivity contribution is 5.92. The lowest BCUT2D eigenvalue weighted by molar-refractivity contribution is -0.115. The minimum Gasteiger partial charge on any atom is -0.325 e. The Morgan fingerprint density at radius 3 is 3.00 bits per heavy atom. The Morgan fingerprint density at radius 1 is 1.57 bits per heavy atom. The fourth-order valence-corrected chi connectivity index (χ4v) is 1.05. The summed E-state index contributed by atoms with van der Waals surface area (Å²) >= 11 is 0. The molecule has 1 aromatic carbocycles. The molecule has 3 nitrogen and oxygen atoms in total. The number of terminal acetylenes is 1. The van der Waals surface area contributed by atoms with Crippen molar-refractivity contribution in [2.75, 3.05) is 18.9 Å². The van der Waals surface area contributed by atoms with Gasteiger partial charge in [0.25, 0.3) is 0 Å². The largest absolute Gasteiger partial charge is 0.325 e. The number of hydrogen-bond acceptors (Lipinski definition) is 2. The van der Waals surface area contributed by atoms with Crippen LogP contribution in [0.2, 0.25) is 0 Å². The molecular formula is C11H12N2O. The van der Waals surface area contributed by atoms with Crippen molar-refractivity contribution in [1.82, 2.24) is 5.32 Å². The third-order valence-corrected chi connectivity index (χ3v) is 1.65. The van der Waals surface area contributed by atoms with Crippen LogP contribution in [0.15, 0.2) is 24.3 Å². The van der Waals surface area contributed by atoms with Gasteiger partial charge in [-0.1, -0.05) is 12.0 Å². The predicted octanol–water partition coefficient (Wildman–Crippen LogP) is 0.826. The van der Waals surface area contributed by atoms with E-state index in [-0.39, 0.29) is 5.91 Å². The number of benzene rings is 1. The topological polar surface area (TPSA) is 41.1 Å². The van der Waals surface area contributed by atoms with Crippen LogP contribution in [0.4, 0.5) is 5.69 Å². The fraction of sp³-hybridized carbons (Fsp3) is 0.182. The molecule has 0 aliphatic heterocycles. The monoisotopic (exact) mass is 188 g/mol. The van der Waals surface area contributed by atoms with Crippen molar-refractivity contribution < 1.29 is 4.79 Å². The molecule has 0 bridgehead atoms. The molecule has 0 aliphatic rings. The summed E-state index contributed by atoms with van der Waals surface area (Å²) < 4.78 is 0. The van der Waals surface area contributed by atoms with Gasteiger partial charge < -0.3 is 10.6 Å². The van der Waals surface area contributed by atoms with Crippen LogP contribution >= 0.6 is 0 Å². The Bertz CT molecular complexity index is 366. The van der Waals surface area contributed by atoms with Crippen LogP contribution in [-0.4, -0.2) is 19.5 Å². The maximum absolute atomic E-state index is 11.2. The van der Waals surface area contributed by atoms with E-state index in [1.165, 1.54) is 0 Å². The van der Waals surface area contributed by atoms with Crippen molar-refractivity contribution in [2.24, 2.45) is 0 Å². The van der Waals surface area contributed by atoms with Gasteiger partial charge in [0.1, 0.15) is 0 Å². The Hall–Kier alpha value is -1.79. The average molecular weight is 188 g/mol. The smallest absolute Gasteiger partial charge is 0.238 e. The van der Waals surface area contributed by atoms with Gasteiger partial charge in [-0.05, 0) is 25.2 Å². The van der Waals surface area contributed by atoms with E-state index in [1.54, 1.807) is 19.2 Å². The first-order chi connectivity index (χ1) is 6.76. The summed E-state index contributed by atoms with van der Waals surface area (Å²) in [6, 6.07) is 7.18. The van der Waals surface area contributed by atoms with Crippen LogP contribution in [-0.2, 0) is 4.79 Å². The van der Waals surface area contributed by atoms with Gasteiger partial charge in [0.05, 0.1) is 6.54 Å². The summed E-state index contributed by atoms with van der Waals surface area (Å²) in [6.07, 6.45) is 5.23. The quantitative estimate of drug-likeness (QED) is 0.690. The minimum atomic E-state index is -0.0818. The van der Waals surface area contributed by atoms with Crippen molar-refractivity contribution in [3.63, 3.8) is 0 Å². The first-order valence-electron chi connectivity index (χ1n) is 4.27. The number of carbonyl (C=O) groups excluding carboxylic acids is 1. The number of rotatable bonds is 3. The summed E-state index contributed by atoms with van der Waals surface area (Å²) in [5.41, 5.74) is 1.48. The molecule has 3 heteroatoms. The lowest BCUT2D eigenvalue weighted by Crippen LogP contribution is -2.25. The average Bonchev–Trinajstić information content (AvgIpc) is 2.18. The SMILES string of the molecule is C#Cc1cccc(NC(=O)CNC)c1. The van der Waals surface area contributed by atoms with Crippen LogP contribution in [0.25, 0.3) is 0 Å². The van der Waals surface area contributed by atoms with Crippen molar-refractivity contribution in [3.05, 3.63) is 29.8 Å². The molecule has 0 spiro atoms. The molecular weight excluding hydrogens is 176 g/mol. The van der Waals surface area contributed by atoms with Gasteiger partial charge in [0.15, 0.2) is 0 Å². The lowest BCUT2D eigenvalue weighted by Gasteiger charge is -2.04. The second-order valence-electron chi connectivity index (χ2n) is 2.80. The first-order valence-corrected chi connectivity index (χ1v) is 4.27. The maximum atomic E-state index is 11.2. The molecule has 0 aliphatic carbocycles. The number of carbonyl (C=O) groups is 1. The predicted molar refractivity (Wildman–Crippen MR) is 56.9 cm³/mol. The van der Waals surface area contributed by atoms with Gasteiger partial charge in [-0.25, -0.2) is 0 Å². The highest BCUT2D eigenvalue weighted by Crippen LogP contribution is 2.08. The molecule has 0 unspecified atom stereocenters. The van der Waals surface area contributed by atoms with Crippen LogP contribution < -0.4 is 10.6 Å². The molecule has 2 N–H and O–H groups in total. The zero-order valence-electron chi connectivity index (χ0n) is 8.00. The molecule has 0 saturated heterocycles. The summed E-state index contributed by atoms with van der Waals surface area (Å²) in [6.45, 7) is 0.292. The van der Waals surface area contributed by atoms with E-state index in [0.717, 1.165) is 11.3 Å². The maximum Gasteiger partial charge on any atom is 0.238 e.